The fourth-order valence-electron chi connectivity index (χ4n) is 6.87. The molecule has 0 unspecified atom stereocenters. The summed E-state index contributed by atoms with van der Waals surface area (Å²) in [6.07, 6.45) is 6.19. The van der Waals surface area contributed by atoms with Gasteiger partial charge in [0.05, 0.1) is 49.6 Å². The number of amides is 2. The number of benzene rings is 2. The van der Waals surface area contributed by atoms with Gasteiger partial charge < -0.3 is 34.4 Å². The van der Waals surface area contributed by atoms with Crippen molar-refractivity contribution < 1.29 is 37.8 Å². The van der Waals surface area contributed by atoms with Crippen LogP contribution in [0.3, 0.4) is 0 Å². The number of anilines is 1. The van der Waals surface area contributed by atoms with Crippen molar-refractivity contribution in [3.63, 3.8) is 0 Å². The third kappa shape index (κ3) is 8.82. The monoisotopic (exact) mass is 889 g/mol. The van der Waals surface area contributed by atoms with Gasteiger partial charge in [-0.25, -0.2) is 23.9 Å². The Balaban J connectivity index is 0.885. The predicted molar refractivity (Wildman–Crippen MR) is 216 cm³/mol. The molecule has 18 heteroatoms. The maximum absolute atomic E-state index is 15.0. The van der Waals surface area contributed by atoms with Crippen molar-refractivity contribution in [1.82, 2.24) is 30.1 Å². The van der Waals surface area contributed by atoms with E-state index in [-0.39, 0.29) is 29.7 Å². The Hall–Kier alpha value is -5.78. The minimum Gasteiger partial charge on any atom is -0.451 e. The number of rotatable bonds is 12. The molecule has 2 amide bonds. The highest BCUT2D eigenvalue weighted by atomic mass is 79.9. The number of hydroxylamine groups is 2. The molecule has 0 spiro atoms. The first-order valence-corrected chi connectivity index (χ1v) is 20.0. The van der Waals surface area contributed by atoms with Gasteiger partial charge in [0.15, 0.2) is 5.67 Å². The average molecular weight is 891 g/mol. The molecular weight excluding hydrogens is 853 g/mol. The molecular formula is C41H38BrClFN7O8. The van der Waals surface area contributed by atoms with Gasteiger partial charge in [-0.2, -0.15) is 9.78 Å². The molecule has 1 aliphatic heterocycles. The van der Waals surface area contributed by atoms with Gasteiger partial charge in [-0.3, -0.25) is 4.79 Å². The van der Waals surface area contributed by atoms with E-state index in [2.05, 4.69) is 41.6 Å². The highest BCUT2D eigenvalue weighted by Crippen LogP contribution is 2.52. The number of methoxy groups -OCH3 is 1. The van der Waals surface area contributed by atoms with Crippen LogP contribution in [-0.4, -0.2) is 69.5 Å². The molecule has 1 saturated heterocycles. The van der Waals surface area contributed by atoms with Crippen molar-refractivity contribution in [3.05, 3.63) is 122 Å². The lowest BCUT2D eigenvalue weighted by atomic mass is 9.99. The van der Waals surface area contributed by atoms with Gasteiger partial charge in [-0.05, 0) is 102 Å². The van der Waals surface area contributed by atoms with E-state index in [0.29, 0.717) is 73.8 Å². The number of halogens is 3. The van der Waals surface area contributed by atoms with Gasteiger partial charge in [0.1, 0.15) is 22.1 Å². The second kappa shape index (κ2) is 16.5. The summed E-state index contributed by atoms with van der Waals surface area (Å²) in [4.78, 5) is 53.7. The minimum absolute atomic E-state index is 0.0281. The van der Waals surface area contributed by atoms with E-state index in [1.54, 1.807) is 60.8 Å². The van der Waals surface area contributed by atoms with Crippen LogP contribution in [0.5, 0.6) is 23.3 Å². The topological polar surface area (TPSA) is 168 Å². The van der Waals surface area contributed by atoms with Crippen molar-refractivity contribution in [2.45, 2.75) is 55.3 Å². The van der Waals surface area contributed by atoms with Crippen molar-refractivity contribution >= 4 is 45.4 Å². The fourth-order valence-corrected chi connectivity index (χ4v) is 7.30. The van der Waals surface area contributed by atoms with E-state index in [4.69, 9.17) is 35.4 Å². The number of hydrogen-bond donors (Lipinski definition) is 2. The first-order chi connectivity index (χ1) is 28.5. The zero-order valence-corrected chi connectivity index (χ0v) is 34.0. The van der Waals surface area contributed by atoms with E-state index < -0.39 is 34.5 Å². The van der Waals surface area contributed by atoms with Gasteiger partial charge in [-0.15, -0.1) is 5.06 Å². The van der Waals surface area contributed by atoms with Crippen molar-refractivity contribution in [1.29, 1.82) is 0 Å². The standard InChI is InChI=1S/C41H38BrClFN7O8/c1-55-38(54)51(59-37(53)49-40(16-17-40)26-3-9-30(10-4-26)57-33-13-7-28(42)21-45-33)41(18-19-41)27-5-11-31(12-6-27)58-34-14-8-29(22-46-34)50-36(52)35(43)32(23-48-50)47-24-39(44)15-2-20-56-25-39/h3-14,21-23,47H,2,15-20,24-25H2,1H3,(H,49,53)/t39-/m0/s1. The van der Waals surface area contributed by atoms with Gasteiger partial charge >= 0.3 is 12.2 Å². The largest absolute Gasteiger partial charge is 0.451 e. The summed E-state index contributed by atoms with van der Waals surface area (Å²) in [5, 5.41) is 10.9. The molecule has 4 heterocycles. The number of aromatic nitrogens is 4. The Kier molecular flexibility index (Phi) is 11.2. The number of carbonyl (C=O) groups is 2. The SMILES string of the molecule is COC(=O)N(OC(=O)NC1(c2ccc(Oc3ccc(Br)cn3)cc2)CC1)C1(c2ccc(Oc3ccc(-n4ncc(NC[C@@]5(F)CCCOC5)c(Cl)c4=O)cn3)cc2)CC1. The Labute approximate surface area is 350 Å². The number of hydrogen-bond acceptors (Lipinski definition) is 12. The Morgan fingerprint density at radius 1 is 0.898 bits per heavy atom. The van der Waals surface area contributed by atoms with E-state index in [0.717, 1.165) is 19.8 Å². The molecule has 3 aromatic heterocycles. The van der Waals surface area contributed by atoms with Crippen LogP contribution in [0.2, 0.25) is 5.02 Å². The molecule has 3 fully saturated rings. The van der Waals surface area contributed by atoms with Crippen molar-refractivity contribution in [2.24, 2.45) is 0 Å². The van der Waals surface area contributed by atoms with E-state index in [1.807, 2.05) is 18.2 Å². The molecule has 2 N–H and O–H groups in total. The number of carbonyl (C=O) groups excluding carboxylic acids is 2. The van der Waals surface area contributed by atoms with Crippen LogP contribution in [0, 0.1) is 0 Å². The zero-order valence-electron chi connectivity index (χ0n) is 31.7. The third-order valence-corrected chi connectivity index (χ3v) is 11.3. The second-order valence-corrected chi connectivity index (χ2v) is 15.8. The van der Waals surface area contributed by atoms with E-state index >= 15 is 0 Å². The molecule has 15 nitrogen and oxygen atoms in total. The van der Waals surface area contributed by atoms with Crippen LogP contribution in [0.4, 0.5) is 19.7 Å². The van der Waals surface area contributed by atoms with Crippen LogP contribution in [0.15, 0.2) is 101 Å². The minimum atomic E-state index is -1.56. The van der Waals surface area contributed by atoms with E-state index in [1.165, 1.54) is 19.5 Å². The first kappa shape index (κ1) is 40.0. The molecule has 3 aliphatic rings. The second-order valence-electron chi connectivity index (χ2n) is 14.6. The van der Waals surface area contributed by atoms with Crippen LogP contribution in [0.25, 0.3) is 5.69 Å². The zero-order chi connectivity index (χ0) is 41.2. The fraction of sp³-hybridized carbons (Fsp3) is 0.317. The summed E-state index contributed by atoms with van der Waals surface area (Å²) >= 11 is 9.71. The Morgan fingerprint density at radius 3 is 2.12 bits per heavy atom. The molecule has 5 aromatic rings. The normalized spacial score (nSPS) is 18.5. The number of alkyl halides is 1. The quantitative estimate of drug-likeness (QED) is 0.115. The smallest absolute Gasteiger partial charge is 0.443 e. The highest BCUT2D eigenvalue weighted by Gasteiger charge is 2.56. The molecule has 59 heavy (non-hydrogen) atoms. The summed E-state index contributed by atoms with van der Waals surface area (Å²) in [5.74, 6) is 1.71. The first-order valence-electron chi connectivity index (χ1n) is 18.8. The van der Waals surface area contributed by atoms with Crippen LogP contribution in [-0.2, 0) is 25.4 Å². The Morgan fingerprint density at radius 2 is 1.56 bits per heavy atom. The van der Waals surface area contributed by atoms with Crippen molar-refractivity contribution in [3.8, 4) is 28.9 Å². The summed E-state index contributed by atoms with van der Waals surface area (Å²) in [6.45, 7) is 0.429. The van der Waals surface area contributed by atoms with Gasteiger partial charge in [0.2, 0.25) is 11.8 Å². The molecule has 8 rings (SSSR count). The van der Waals surface area contributed by atoms with Gasteiger partial charge in [0, 0.05) is 29.4 Å². The van der Waals surface area contributed by atoms with Crippen LogP contribution in [0.1, 0.15) is 49.7 Å². The third-order valence-electron chi connectivity index (χ3n) is 10.4. The number of ether oxygens (including phenoxy) is 4. The molecule has 0 bridgehead atoms. The summed E-state index contributed by atoms with van der Waals surface area (Å²) < 4.78 is 39.0. The number of nitrogens with one attached hydrogen (secondary N) is 2. The van der Waals surface area contributed by atoms with Crippen molar-refractivity contribution in [2.75, 3.05) is 32.2 Å². The van der Waals surface area contributed by atoms with Gasteiger partial charge in [0.25, 0.3) is 5.56 Å². The molecule has 306 valence electrons. The molecule has 2 aromatic carbocycles. The van der Waals surface area contributed by atoms with Crippen LogP contribution < -0.4 is 25.7 Å². The maximum atomic E-state index is 15.0. The maximum Gasteiger partial charge on any atom is 0.443 e. The summed E-state index contributed by atoms with van der Waals surface area (Å²) in [6, 6.07) is 21.1. The Bertz CT molecular complexity index is 2370. The number of pyridine rings is 2. The van der Waals surface area contributed by atoms with E-state index in [9.17, 15) is 18.8 Å². The molecule has 2 aliphatic carbocycles. The lowest BCUT2D eigenvalue weighted by Crippen LogP contribution is -2.46. The molecule has 1 atom stereocenters. The summed E-state index contributed by atoms with van der Waals surface area (Å²) in [7, 11) is 1.22. The molecule has 2 saturated carbocycles. The lowest BCUT2D eigenvalue weighted by Gasteiger charge is -2.30. The molecule has 0 radical (unpaired) electrons. The predicted octanol–water partition coefficient (Wildman–Crippen LogP) is 8.34. The summed E-state index contributed by atoms with van der Waals surface area (Å²) in [5.41, 5.74) is -1.63. The number of nitrogens with zero attached hydrogens (tertiary/aromatic N) is 5. The van der Waals surface area contributed by atoms with Gasteiger partial charge in [-0.1, -0.05) is 35.9 Å². The highest BCUT2D eigenvalue weighted by molar-refractivity contribution is 9.10. The lowest BCUT2D eigenvalue weighted by molar-refractivity contribution is -0.120. The van der Waals surface area contributed by atoms with Crippen LogP contribution >= 0.6 is 27.5 Å². The average Bonchev–Trinajstić information content (AvgIpc) is 4.20.